The molecule has 0 unspecified atom stereocenters. The summed E-state index contributed by atoms with van der Waals surface area (Å²) < 4.78 is 6.91. The van der Waals surface area contributed by atoms with Gasteiger partial charge in [0.1, 0.15) is 5.82 Å². The summed E-state index contributed by atoms with van der Waals surface area (Å²) in [5, 5.41) is 5.04. The fourth-order valence-electron chi connectivity index (χ4n) is 2.35. The van der Waals surface area contributed by atoms with E-state index in [9.17, 15) is 0 Å². The second-order valence-corrected chi connectivity index (χ2v) is 5.30. The van der Waals surface area contributed by atoms with Crippen LogP contribution in [0.5, 0.6) is 0 Å². The lowest BCUT2D eigenvalue weighted by Gasteiger charge is -2.05. The van der Waals surface area contributed by atoms with Gasteiger partial charge in [-0.05, 0) is 47.5 Å². The highest BCUT2D eigenvalue weighted by Crippen LogP contribution is 2.27. The van der Waals surface area contributed by atoms with Crippen LogP contribution in [-0.4, -0.2) is 14.6 Å². The smallest absolute Gasteiger partial charge is 0.217 e. The number of furan rings is 1. The summed E-state index contributed by atoms with van der Waals surface area (Å²) in [5.41, 5.74) is 8.66. The fraction of sp³-hybridized carbons (Fsp3) is 0. The molecule has 0 atom stereocenters. The number of pyridine rings is 1. The van der Waals surface area contributed by atoms with E-state index in [-0.39, 0.29) is 0 Å². The number of hydrogen-bond acceptors (Lipinski definition) is 4. The van der Waals surface area contributed by atoms with Gasteiger partial charge in [0, 0.05) is 5.02 Å². The first kappa shape index (κ1) is 12.9. The van der Waals surface area contributed by atoms with Crippen LogP contribution in [-0.2, 0) is 0 Å². The highest BCUT2D eigenvalue weighted by atomic mass is 35.5. The summed E-state index contributed by atoms with van der Waals surface area (Å²) >= 11 is 6.05. The predicted molar refractivity (Wildman–Crippen MR) is 85.5 cm³/mol. The van der Waals surface area contributed by atoms with E-state index in [0.717, 1.165) is 11.1 Å². The minimum Gasteiger partial charge on any atom is -0.461 e. The minimum absolute atomic E-state index is 0.498. The number of rotatable bonds is 2. The first-order chi connectivity index (χ1) is 10.7. The molecule has 4 rings (SSSR count). The summed E-state index contributed by atoms with van der Waals surface area (Å²) in [5.74, 6) is 1.60. The maximum atomic E-state index is 6.10. The summed E-state index contributed by atoms with van der Waals surface area (Å²) in [6.07, 6.45) is 1.59. The van der Waals surface area contributed by atoms with Crippen LogP contribution in [0.25, 0.3) is 28.4 Å². The molecule has 3 heterocycles. The zero-order chi connectivity index (χ0) is 15.1. The molecule has 4 aromatic rings. The number of fused-ring (bicyclic) bond motifs is 1. The molecule has 108 valence electrons. The fourth-order valence-corrected chi connectivity index (χ4v) is 2.54. The number of nitrogen functional groups attached to an aromatic ring is 1. The van der Waals surface area contributed by atoms with Crippen molar-refractivity contribution in [3.8, 4) is 22.7 Å². The Hall–Kier alpha value is -2.79. The van der Waals surface area contributed by atoms with E-state index in [1.165, 1.54) is 0 Å². The summed E-state index contributed by atoms with van der Waals surface area (Å²) in [6, 6.07) is 15.0. The summed E-state index contributed by atoms with van der Waals surface area (Å²) in [7, 11) is 0. The monoisotopic (exact) mass is 310 g/mol. The van der Waals surface area contributed by atoms with Gasteiger partial charge in [-0.15, -0.1) is 5.10 Å². The lowest BCUT2D eigenvalue weighted by Crippen LogP contribution is -1.98. The molecule has 0 saturated heterocycles. The number of aromatic nitrogens is 3. The molecular weight excluding hydrogens is 300 g/mol. The van der Waals surface area contributed by atoms with Crippen molar-refractivity contribution in [1.82, 2.24) is 14.6 Å². The molecule has 6 heteroatoms. The maximum absolute atomic E-state index is 6.10. The Balaban J connectivity index is 1.89. The molecule has 0 aliphatic heterocycles. The lowest BCUT2D eigenvalue weighted by atomic mass is 10.1. The number of halogens is 1. The van der Waals surface area contributed by atoms with Gasteiger partial charge in [-0.1, -0.05) is 23.7 Å². The molecule has 0 radical (unpaired) electrons. The first-order valence-corrected chi connectivity index (χ1v) is 7.04. The highest BCUT2D eigenvalue weighted by molar-refractivity contribution is 6.30. The Morgan fingerprint density at radius 3 is 2.73 bits per heavy atom. The van der Waals surface area contributed by atoms with Gasteiger partial charge < -0.3 is 10.2 Å². The van der Waals surface area contributed by atoms with Crippen molar-refractivity contribution >= 4 is 23.1 Å². The third kappa shape index (κ3) is 2.12. The quantitative estimate of drug-likeness (QED) is 0.610. The average Bonchev–Trinajstić information content (AvgIpc) is 3.16. The zero-order valence-corrected chi connectivity index (χ0v) is 12.2. The van der Waals surface area contributed by atoms with Crippen molar-refractivity contribution in [1.29, 1.82) is 0 Å². The third-order valence-corrected chi connectivity index (χ3v) is 3.60. The molecule has 0 bridgehead atoms. The van der Waals surface area contributed by atoms with Gasteiger partial charge in [0.2, 0.25) is 5.82 Å². The predicted octanol–water partition coefficient (Wildman–Crippen LogP) is 3.89. The Morgan fingerprint density at radius 1 is 1.05 bits per heavy atom. The zero-order valence-electron chi connectivity index (χ0n) is 11.4. The molecule has 0 saturated carbocycles. The minimum atomic E-state index is 0.498. The highest BCUT2D eigenvalue weighted by Gasteiger charge is 2.12. The summed E-state index contributed by atoms with van der Waals surface area (Å²) in [6.45, 7) is 0. The van der Waals surface area contributed by atoms with Gasteiger partial charge in [0.25, 0.3) is 0 Å². The van der Waals surface area contributed by atoms with Crippen LogP contribution in [0.3, 0.4) is 0 Å². The van der Waals surface area contributed by atoms with Crippen LogP contribution in [0.4, 0.5) is 5.82 Å². The molecule has 1 aromatic carbocycles. The Bertz CT molecular complexity index is 960. The third-order valence-electron chi connectivity index (χ3n) is 3.36. The van der Waals surface area contributed by atoms with Crippen molar-refractivity contribution in [2.75, 3.05) is 5.73 Å². The molecule has 0 amide bonds. The number of anilines is 1. The van der Waals surface area contributed by atoms with Crippen molar-refractivity contribution in [3.05, 3.63) is 59.8 Å². The van der Waals surface area contributed by atoms with E-state index in [1.807, 2.05) is 42.5 Å². The molecule has 22 heavy (non-hydrogen) atoms. The second-order valence-electron chi connectivity index (χ2n) is 4.86. The molecule has 3 aromatic heterocycles. The topological polar surface area (TPSA) is 69.3 Å². The van der Waals surface area contributed by atoms with Gasteiger partial charge in [-0.25, -0.2) is 4.98 Å². The SMILES string of the molecule is Nc1cc(-c2cccc(Cl)c2)cc2nc(-c3ccco3)nn12. The van der Waals surface area contributed by atoms with E-state index in [4.69, 9.17) is 21.8 Å². The largest absolute Gasteiger partial charge is 0.461 e. The van der Waals surface area contributed by atoms with E-state index in [1.54, 1.807) is 16.8 Å². The maximum Gasteiger partial charge on any atom is 0.217 e. The van der Waals surface area contributed by atoms with E-state index in [0.29, 0.717) is 28.1 Å². The van der Waals surface area contributed by atoms with E-state index < -0.39 is 0 Å². The normalized spacial score (nSPS) is 11.1. The average molecular weight is 311 g/mol. The van der Waals surface area contributed by atoms with Crippen LogP contribution in [0.1, 0.15) is 0 Å². The molecule has 0 aliphatic carbocycles. The van der Waals surface area contributed by atoms with Crippen LogP contribution in [0.15, 0.2) is 59.2 Å². The van der Waals surface area contributed by atoms with Crippen LogP contribution in [0, 0.1) is 0 Å². The van der Waals surface area contributed by atoms with Crippen LogP contribution < -0.4 is 5.73 Å². The van der Waals surface area contributed by atoms with E-state index in [2.05, 4.69) is 10.1 Å². The van der Waals surface area contributed by atoms with E-state index >= 15 is 0 Å². The summed E-state index contributed by atoms with van der Waals surface area (Å²) in [4.78, 5) is 4.47. The molecule has 0 fully saturated rings. The number of hydrogen-bond donors (Lipinski definition) is 1. The van der Waals surface area contributed by atoms with Crippen molar-refractivity contribution in [2.45, 2.75) is 0 Å². The van der Waals surface area contributed by atoms with Gasteiger partial charge in [-0.3, -0.25) is 0 Å². The van der Waals surface area contributed by atoms with Crippen LogP contribution >= 0.6 is 11.6 Å². The van der Waals surface area contributed by atoms with Crippen LogP contribution in [0.2, 0.25) is 5.02 Å². The molecule has 2 N–H and O–H groups in total. The Morgan fingerprint density at radius 2 is 1.95 bits per heavy atom. The lowest BCUT2D eigenvalue weighted by molar-refractivity contribution is 0.577. The molecule has 5 nitrogen and oxygen atoms in total. The standard InChI is InChI=1S/C16H11ClN4O/c17-12-4-1-3-10(7-12)11-8-14(18)21-15(9-11)19-16(20-21)13-5-2-6-22-13/h1-9H,18H2. The Kier molecular flexibility index (Phi) is 2.87. The first-order valence-electron chi connectivity index (χ1n) is 6.67. The molecular formula is C16H11ClN4O. The van der Waals surface area contributed by atoms with Gasteiger partial charge in [0.05, 0.1) is 6.26 Å². The number of nitrogens with zero attached hydrogens (tertiary/aromatic N) is 3. The molecule has 0 aliphatic rings. The van der Waals surface area contributed by atoms with Crippen molar-refractivity contribution < 1.29 is 4.42 Å². The van der Waals surface area contributed by atoms with Gasteiger partial charge in [0.15, 0.2) is 11.4 Å². The molecule has 0 spiro atoms. The Labute approximate surface area is 131 Å². The second kappa shape index (κ2) is 4.89. The number of nitrogens with two attached hydrogens (primary N) is 1. The van der Waals surface area contributed by atoms with Crippen molar-refractivity contribution in [3.63, 3.8) is 0 Å². The number of benzene rings is 1. The van der Waals surface area contributed by atoms with Crippen molar-refractivity contribution in [2.24, 2.45) is 0 Å². The van der Waals surface area contributed by atoms with Gasteiger partial charge in [-0.2, -0.15) is 4.52 Å². The van der Waals surface area contributed by atoms with Gasteiger partial charge >= 0.3 is 0 Å².